The van der Waals surface area contributed by atoms with E-state index in [1.807, 2.05) is 19.9 Å². The van der Waals surface area contributed by atoms with Gasteiger partial charge in [0.15, 0.2) is 0 Å². The molecule has 1 heterocycles. The number of hydrogen-bond donors (Lipinski definition) is 3. The van der Waals surface area contributed by atoms with Gasteiger partial charge < -0.3 is 10.6 Å². The van der Waals surface area contributed by atoms with E-state index in [2.05, 4.69) is 15.6 Å². The molecule has 2 atom stereocenters. The van der Waals surface area contributed by atoms with Gasteiger partial charge in [-0.25, -0.2) is 4.98 Å². The van der Waals surface area contributed by atoms with Crippen LogP contribution in [0.4, 0.5) is 0 Å². The number of rotatable bonds is 8. The van der Waals surface area contributed by atoms with Crippen LogP contribution in [0.3, 0.4) is 0 Å². The lowest BCUT2D eigenvalue weighted by Gasteiger charge is -2.31. The van der Waals surface area contributed by atoms with E-state index in [0.29, 0.717) is 16.7 Å². The highest BCUT2D eigenvalue weighted by Gasteiger charge is 2.46. The number of nitrogens with one attached hydrogen (secondary N) is 3. The van der Waals surface area contributed by atoms with Crippen LogP contribution in [0.2, 0.25) is 0 Å². The van der Waals surface area contributed by atoms with E-state index in [1.165, 1.54) is 6.92 Å². The van der Waals surface area contributed by atoms with Crippen molar-refractivity contribution in [2.45, 2.75) is 69.9 Å². The van der Waals surface area contributed by atoms with Crippen LogP contribution >= 0.6 is 0 Å². The Bertz CT molecular complexity index is 861. The zero-order valence-corrected chi connectivity index (χ0v) is 18.3. The highest BCUT2D eigenvalue weighted by atomic mass is 32.2. The Kier molecular flexibility index (Phi) is 6.22. The van der Waals surface area contributed by atoms with Crippen molar-refractivity contribution in [2.24, 2.45) is 11.8 Å². The molecule has 0 bridgehead atoms. The molecule has 1 aromatic rings. The van der Waals surface area contributed by atoms with Gasteiger partial charge in [0.2, 0.25) is 5.91 Å². The van der Waals surface area contributed by atoms with Gasteiger partial charge in [0.25, 0.3) is 5.91 Å². The van der Waals surface area contributed by atoms with Crippen LogP contribution in [-0.2, 0) is 15.6 Å². The Morgan fingerprint density at radius 1 is 1.28 bits per heavy atom. The molecule has 0 radical (unpaired) electrons. The summed E-state index contributed by atoms with van der Waals surface area (Å²) in [6.45, 7) is 7.13. The molecule has 7 nitrogen and oxygen atoms in total. The third-order valence-electron chi connectivity index (χ3n) is 5.43. The summed E-state index contributed by atoms with van der Waals surface area (Å²) in [5.41, 5.74) is 0.220. The molecule has 158 valence electrons. The van der Waals surface area contributed by atoms with E-state index in [-0.39, 0.29) is 29.3 Å². The average molecular weight is 419 g/mol. The second-order valence-electron chi connectivity index (χ2n) is 8.76. The number of aromatic nitrogens is 1. The molecule has 3 rings (SSSR count). The van der Waals surface area contributed by atoms with E-state index in [9.17, 15) is 13.8 Å². The number of carbonyl (C=O) groups excluding carboxylic acids is 2. The van der Waals surface area contributed by atoms with Crippen molar-refractivity contribution in [1.29, 1.82) is 5.41 Å². The van der Waals surface area contributed by atoms with Crippen LogP contribution < -0.4 is 10.6 Å². The minimum atomic E-state index is -1.26. The van der Waals surface area contributed by atoms with Gasteiger partial charge in [0, 0.05) is 12.7 Å². The second-order valence-corrected chi connectivity index (χ2v) is 10.2. The Balaban J connectivity index is 1.85. The smallest absolute Gasteiger partial charge is 0.270 e. The monoisotopic (exact) mass is 418 g/mol. The van der Waals surface area contributed by atoms with Crippen LogP contribution in [0.15, 0.2) is 17.2 Å². The number of pyridine rings is 1. The largest absolute Gasteiger partial charge is 0.338 e. The van der Waals surface area contributed by atoms with Crippen molar-refractivity contribution in [2.75, 3.05) is 5.75 Å². The Labute approximate surface area is 174 Å². The van der Waals surface area contributed by atoms with Gasteiger partial charge in [-0.1, -0.05) is 19.9 Å². The lowest BCUT2D eigenvalue weighted by atomic mass is 9.93. The van der Waals surface area contributed by atoms with E-state index in [0.717, 1.165) is 31.2 Å². The standard InChI is InChI=1S/C21H30N4O3S/c1-12(2)11-29(28)19-16(14-5-6-14)9-10-17(24-19)18(27)25-21(4,15-7-8-15)20(22)23-13(3)26/h9-10,12,14-15H,5-8,11H2,1-4H3,(H,25,27)(H2,22,23,26)/t21-,29?/m0/s1. The first-order chi connectivity index (χ1) is 13.6. The fraction of sp³-hybridized carbons (Fsp3) is 0.619. The minimum absolute atomic E-state index is 0.0148. The summed E-state index contributed by atoms with van der Waals surface area (Å²) >= 11 is 0. The summed E-state index contributed by atoms with van der Waals surface area (Å²) in [5.74, 6) is 0.484. The number of hydrogen-bond acceptors (Lipinski definition) is 5. The molecule has 29 heavy (non-hydrogen) atoms. The normalized spacial score (nSPS) is 19.3. The van der Waals surface area contributed by atoms with Crippen molar-refractivity contribution < 1.29 is 13.8 Å². The predicted octanol–water partition coefficient (Wildman–Crippen LogP) is 2.73. The number of nitrogens with zero attached hydrogens (tertiary/aromatic N) is 1. The SMILES string of the molecule is CC(=O)NC(=N)[C@@](C)(NC(=O)c1ccc(C2CC2)c(S(=O)CC(C)C)n1)C1CC1. The van der Waals surface area contributed by atoms with E-state index in [4.69, 9.17) is 5.41 Å². The van der Waals surface area contributed by atoms with Crippen molar-refractivity contribution in [3.63, 3.8) is 0 Å². The molecule has 2 aliphatic rings. The summed E-state index contributed by atoms with van der Waals surface area (Å²) in [7, 11) is -1.26. The fourth-order valence-corrected chi connectivity index (χ4v) is 4.94. The highest BCUT2D eigenvalue weighted by Crippen LogP contribution is 2.42. The maximum absolute atomic E-state index is 13.0. The van der Waals surface area contributed by atoms with Gasteiger partial charge in [-0.2, -0.15) is 0 Å². The zero-order valence-electron chi connectivity index (χ0n) is 17.5. The van der Waals surface area contributed by atoms with Gasteiger partial charge >= 0.3 is 0 Å². The summed E-state index contributed by atoms with van der Waals surface area (Å²) in [6.07, 6.45) is 3.90. The molecule has 0 aromatic carbocycles. The maximum Gasteiger partial charge on any atom is 0.270 e. The number of amides is 2. The van der Waals surface area contributed by atoms with E-state index in [1.54, 1.807) is 13.0 Å². The Morgan fingerprint density at radius 3 is 2.45 bits per heavy atom. The molecule has 1 unspecified atom stereocenters. The van der Waals surface area contributed by atoms with Gasteiger partial charge in [-0.05, 0) is 62.0 Å². The number of carbonyl (C=O) groups is 2. The van der Waals surface area contributed by atoms with Crippen LogP contribution in [0, 0.1) is 17.2 Å². The summed E-state index contributed by atoms with van der Waals surface area (Å²) in [5, 5.41) is 14.2. The molecule has 2 saturated carbocycles. The molecule has 2 aliphatic carbocycles. The minimum Gasteiger partial charge on any atom is -0.338 e. The van der Waals surface area contributed by atoms with Crippen LogP contribution in [0.1, 0.15) is 75.3 Å². The molecular weight excluding hydrogens is 388 g/mol. The van der Waals surface area contributed by atoms with Crippen LogP contribution in [-0.4, -0.2) is 38.1 Å². The van der Waals surface area contributed by atoms with Crippen molar-refractivity contribution in [1.82, 2.24) is 15.6 Å². The van der Waals surface area contributed by atoms with Gasteiger partial charge in [0.05, 0.1) is 16.3 Å². The fourth-order valence-electron chi connectivity index (χ4n) is 3.48. The molecule has 8 heteroatoms. The second kappa shape index (κ2) is 8.34. The van der Waals surface area contributed by atoms with Crippen molar-refractivity contribution in [3.8, 4) is 0 Å². The first-order valence-electron chi connectivity index (χ1n) is 10.2. The Hall–Kier alpha value is -2.09. The molecule has 2 fully saturated rings. The highest BCUT2D eigenvalue weighted by molar-refractivity contribution is 7.85. The van der Waals surface area contributed by atoms with Gasteiger partial charge in [-0.3, -0.25) is 19.2 Å². The molecular formula is C21H30N4O3S. The van der Waals surface area contributed by atoms with Crippen LogP contribution in [0.25, 0.3) is 0 Å². The lowest BCUT2D eigenvalue weighted by molar-refractivity contribution is -0.117. The van der Waals surface area contributed by atoms with Crippen molar-refractivity contribution >= 4 is 28.4 Å². The average Bonchev–Trinajstić information content (AvgIpc) is 3.52. The van der Waals surface area contributed by atoms with Crippen molar-refractivity contribution in [3.05, 3.63) is 23.4 Å². The summed E-state index contributed by atoms with van der Waals surface area (Å²) < 4.78 is 12.9. The van der Waals surface area contributed by atoms with Gasteiger partial charge in [-0.15, -0.1) is 0 Å². The first-order valence-corrected chi connectivity index (χ1v) is 11.5. The molecule has 0 aliphatic heterocycles. The maximum atomic E-state index is 13.0. The molecule has 0 spiro atoms. The Morgan fingerprint density at radius 2 is 1.93 bits per heavy atom. The number of amidine groups is 1. The third kappa shape index (κ3) is 5.10. The lowest BCUT2D eigenvalue weighted by Crippen LogP contribution is -2.59. The molecule has 3 N–H and O–H groups in total. The quantitative estimate of drug-likeness (QED) is 0.445. The molecule has 2 amide bonds. The van der Waals surface area contributed by atoms with Crippen LogP contribution in [0.5, 0.6) is 0 Å². The first kappa shape index (κ1) is 21.6. The molecule has 1 aromatic heterocycles. The predicted molar refractivity (Wildman–Crippen MR) is 112 cm³/mol. The van der Waals surface area contributed by atoms with Gasteiger partial charge in [0.1, 0.15) is 16.6 Å². The summed E-state index contributed by atoms with van der Waals surface area (Å²) in [4.78, 5) is 28.9. The molecule has 0 saturated heterocycles. The van der Waals surface area contributed by atoms with E-state index >= 15 is 0 Å². The topological polar surface area (TPSA) is 112 Å². The third-order valence-corrected chi connectivity index (χ3v) is 7.16. The zero-order chi connectivity index (χ0) is 21.3. The summed E-state index contributed by atoms with van der Waals surface area (Å²) in [6, 6.07) is 3.55. The van der Waals surface area contributed by atoms with E-state index < -0.39 is 22.2 Å².